The van der Waals surface area contributed by atoms with Crippen LogP contribution in [-0.4, -0.2) is 68.7 Å². The van der Waals surface area contributed by atoms with Gasteiger partial charge in [0.15, 0.2) is 0 Å². The molecule has 14 heteroatoms. The first-order valence-corrected chi connectivity index (χ1v) is 12.3. The van der Waals surface area contributed by atoms with Crippen LogP contribution in [0.5, 0.6) is 0 Å². The number of β-lactam (4-membered cyclic amide) rings is 1. The van der Waals surface area contributed by atoms with Gasteiger partial charge in [0.2, 0.25) is 0 Å². The number of carbonyl (C=O) groups is 2. The lowest BCUT2D eigenvalue weighted by Crippen LogP contribution is -2.70. The monoisotopic (exact) mass is 491 g/mol. The number of nitriles is 1. The summed E-state index contributed by atoms with van der Waals surface area (Å²) in [5.74, 6) is -0.749. The molecule has 2 aromatic heterocycles. The number of carboxylic acid groups (broad SMARTS) is 1. The van der Waals surface area contributed by atoms with Gasteiger partial charge in [0.1, 0.15) is 33.2 Å². The van der Waals surface area contributed by atoms with Crippen LogP contribution in [0.3, 0.4) is 0 Å². The van der Waals surface area contributed by atoms with E-state index in [0.29, 0.717) is 44.5 Å². The summed E-state index contributed by atoms with van der Waals surface area (Å²) in [6.07, 6.45) is 2.24. The fourth-order valence-corrected chi connectivity index (χ4v) is 6.93. The van der Waals surface area contributed by atoms with Gasteiger partial charge in [-0.05, 0) is 12.0 Å². The van der Waals surface area contributed by atoms with E-state index < -0.39 is 12.0 Å². The van der Waals surface area contributed by atoms with Gasteiger partial charge in [0.25, 0.3) is 5.91 Å². The first-order chi connectivity index (χ1) is 15.0. The quantitative estimate of drug-likeness (QED) is 0.341. The van der Waals surface area contributed by atoms with Crippen LogP contribution < -0.4 is 5.32 Å². The van der Waals surface area contributed by atoms with Crippen LogP contribution in [0, 0.1) is 23.2 Å². The fraction of sp³-hybridized carbons (Fsp3) is 0.412. The smallest absolute Gasteiger partial charge is 0.352 e. The highest BCUT2D eigenvalue weighted by molar-refractivity contribution is 8.01. The summed E-state index contributed by atoms with van der Waals surface area (Å²) in [4.78, 5) is 26.6. The van der Waals surface area contributed by atoms with Crippen molar-refractivity contribution >= 4 is 75.4 Å². The summed E-state index contributed by atoms with van der Waals surface area (Å²) in [6, 6.07) is 1.61. The van der Waals surface area contributed by atoms with E-state index in [4.69, 9.17) is 17.5 Å². The number of carboxylic acids is 1. The number of aliphatic carboxylic acids is 1. The Bertz CT molecular complexity index is 1190. The van der Waals surface area contributed by atoms with Crippen molar-refractivity contribution in [2.24, 2.45) is 11.8 Å². The number of carbonyl (C=O) groups excluding carboxylic acids is 1. The molecule has 0 spiro atoms. The SMILES string of the molecule is N#C[C@@H]1C[C@@H]1C(=S)NC1C(=O)N2C(C(=O)O)=C(CSc3nncc4nsnc34)CS[C@@H]12. The Balaban J connectivity index is 1.32. The largest absolute Gasteiger partial charge is 0.477 e. The molecule has 1 amide bonds. The lowest BCUT2D eigenvalue weighted by molar-refractivity contribution is -0.148. The van der Waals surface area contributed by atoms with E-state index in [1.54, 1.807) is 0 Å². The molecule has 1 saturated heterocycles. The lowest BCUT2D eigenvalue weighted by Gasteiger charge is -2.49. The molecule has 2 N–H and O–H groups in total. The van der Waals surface area contributed by atoms with E-state index in [1.807, 2.05) is 0 Å². The molecule has 0 aromatic carbocycles. The zero-order valence-electron chi connectivity index (χ0n) is 15.6. The Hall–Kier alpha value is -2.34. The average molecular weight is 492 g/mol. The van der Waals surface area contributed by atoms with Gasteiger partial charge in [-0.3, -0.25) is 9.69 Å². The molecule has 2 aromatic rings. The number of fused-ring (bicyclic) bond motifs is 2. The second-order valence-corrected chi connectivity index (χ2v) is 10.2. The van der Waals surface area contributed by atoms with Crippen LogP contribution in [0.25, 0.3) is 11.0 Å². The van der Waals surface area contributed by atoms with Crippen molar-refractivity contribution in [2.75, 3.05) is 11.5 Å². The van der Waals surface area contributed by atoms with Gasteiger partial charge < -0.3 is 10.4 Å². The third-order valence-corrected chi connectivity index (χ3v) is 8.61. The Labute approximate surface area is 193 Å². The highest BCUT2D eigenvalue weighted by Crippen LogP contribution is 2.43. The van der Waals surface area contributed by atoms with Gasteiger partial charge >= 0.3 is 5.97 Å². The number of aromatic nitrogens is 4. The number of thioether (sulfide) groups is 2. The Morgan fingerprint density at radius 2 is 2.32 bits per heavy atom. The first-order valence-electron chi connectivity index (χ1n) is 9.16. The molecule has 3 aliphatic rings. The van der Waals surface area contributed by atoms with E-state index in [2.05, 4.69) is 30.3 Å². The third kappa shape index (κ3) is 3.55. The van der Waals surface area contributed by atoms with Crippen molar-refractivity contribution in [1.29, 1.82) is 5.26 Å². The minimum Gasteiger partial charge on any atom is -0.477 e. The topological polar surface area (TPSA) is 145 Å². The van der Waals surface area contributed by atoms with Gasteiger partial charge in [-0.1, -0.05) is 24.0 Å². The molecule has 1 aliphatic carbocycles. The fourth-order valence-electron chi connectivity index (χ4n) is 3.55. The van der Waals surface area contributed by atoms with E-state index >= 15 is 0 Å². The molecule has 10 nitrogen and oxygen atoms in total. The molecular weight excluding hydrogens is 479 g/mol. The molecule has 31 heavy (non-hydrogen) atoms. The highest BCUT2D eigenvalue weighted by atomic mass is 32.2. The van der Waals surface area contributed by atoms with Crippen LogP contribution in [0.15, 0.2) is 22.5 Å². The maximum absolute atomic E-state index is 12.8. The van der Waals surface area contributed by atoms with Crippen LogP contribution in [0.4, 0.5) is 0 Å². The average Bonchev–Trinajstić information content (AvgIpc) is 3.41. The van der Waals surface area contributed by atoms with Gasteiger partial charge in [0.05, 0.1) is 34.9 Å². The zero-order valence-corrected chi connectivity index (χ0v) is 18.9. The molecule has 5 rings (SSSR count). The number of amides is 1. The minimum absolute atomic E-state index is 0.0130. The number of hydrogen-bond donors (Lipinski definition) is 2. The summed E-state index contributed by atoms with van der Waals surface area (Å²) in [5, 5.41) is 30.1. The lowest BCUT2D eigenvalue weighted by atomic mass is 10.0. The molecule has 2 fully saturated rings. The molecule has 0 bridgehead atoms. The molecule has 2 aliphatic heterocycles. The van der Waals surface area contributed by atoms with Gasteiger partial charge in [-0.2, -0.15) is 19.1 Å². The summed E-state index contributed by atoms with van der Waals surface area (Å²) in [7, 11) is 0. The number of hydrogen-bond acceptors (Lipinski definition) is 11. The molecule has 0 radical (unpaired) electrons. The van der Waals surface area contributed by atoms with Gasteiger partial charge in [-0.25, -0.2) is 4.79 Å². The predicted molar refractivity (Wildman–Crippen MR) is 118 cm³/mol. The standard InChI is InChI=1S/C17H13N7O3S4/c18-2-6-1-8(6)13(28)20-11-15(25)24-12(17(26)27)7(5-30-16(11)24)4-29-14-10-9(3-19-21-14)22-31-23-10/h3,6,8,11,16H,1,4-5H2,(H,20,28)(H,26,27)/t6-,8-,11?,16-/m0/s1. The number of nitrogens with one attached hydrogen (secondary N) is 1. The molecule has 4 heterocycles. The van der Waals surface area contributed by atoms with Crippen molar-refractivity contribution in [2.45, 2.75) is 22.9 Å². The van der Waals surface area contributed by atoms with Crippen molar-refractivity contribution < 1.29 is 14.7 Å². The first kappa shape index (κ1) is 20.6. The minimum atomic E-state index is -1.14. The molecule has 4 atom stereocenters. The Morgan fingerprint density at radius 1 is 1.48 bits per heavy atom. The second kappa shape index (κ2) is 7.97. The number of thiocarbonyl (C=S) groups is 1. The number of rotatable bonds is 6. The highest BCUT2D eigenvalue weighted by Gasteiger charge is 2.55. The summed E-state index contributed by atoms with van der Waals surface area (Å²) in [5.41, 5.74) is 1.94. The van der Waals surface area contributed by atoms with Crippen molar-refractivity contribution in [3.05, 3.63) is 17.5 Å². The molecular formula is C17H13N7O3S4. The van der Waals surface area contributed by atoms with E-state index in [0.717, 1.165) is 11.7 Å². The zero-order chi connectivity index (χ0) is 21.7. The van der Waals surface area contributed by atoms with E-state index in [1.165, 1.54) is 34.6 Å². The van der Waals surface area contributed by atoms with Crippen molar-refractivity contribution in [3.63, 3.8) is 0 Å². The number of nitrogens with zero attached hydrogens (tertiary/aromatic N) is 6. The van der Waals surface area contributed by atoms with Crippen LogP contribution in [0.1, 0.15) is 6.42 Å². The van der Waals surface area contributed by atoms with Gasteiger partial charge in [-0.15, -0.1) is 16.9 Å². The van der Waals surface area contributed by atoms with Crippen LogP contribution in [0.2, 0.25) is 0 Å². The maximum Gasteiger partial charge on any atom is 0.352 e. The van der Waals surface area contributed by atoms with Gasteiger partial charge in [0, 0.05) is 17.4 Å². The normalized spacial score (nSPS) is 26.8. The summed E-state index contributed by atoms with van der Waals surface area (Å²) in [6.45, 7) is 0. The maximum atomic E-state index is 12.8. The molecule has 1 unspecified atom stereocenters. The van der Waals surface area contributed by atoms with Crippen molar-refractivity contribution in [3.8, 4) is 6.07 Å². The second-order valence-electron chi connectivity index (χ2n) is 7.17. The molecule has 158 valence electrons. The Kier molecular flexibility index (Phi) is 5.29. The van der Waals surface area contributed by atoms with E-state index in [9.17, 15) is 14.7 Å². The molecule has 1 saturated carbocycles. The van der Waals surface area contributed by atoms with E-state index in [-0.39, 0.29) is 28.8 Å². The third-order valence-electron chi connectivity index (χ3n) is 5.27. The Morgan fingerprint density at radius 3 is 3.06 bits per heavy atom. The summed E-state index contributed by atoms with van der Waals surface area (Å²) < 4.78 is 8.35. The summed E-state index contributed by atoms with van der Waals surface area (Å²) >= 11 is 9.23. The van der Waals surface area contributed by atoms with Crippen LogP contribution in [-0.2, 0) is 9.59 Å². The van der Waals surface area contributed by atoms with Crippen molar-refractivity contribution in [1.82, 2.24) is 29.2 Å². The predicted octanol–water partition coefficient (Wildman–Crippen LogP) is 1.27. The van der Waals surface area contributed by atoms with Crippen LogP contribution >= 0.6 is 47.5 Å².